The van der Waals surface area contributed by atoms with Crippen molar-refractivity contribution in [3.8, 4) is 0 Å². The van der Waals surface area contributed by atoms with Gasteiger partial charge in [0.05, 0.1) is 25.8 Å². The van der Waals surface area contributed by atoms with Gasteiger partial charge in [0.2, 0.25) is 0 Å². The van der Waals surface area contributed by atoms with E-state index in [0.29, 0.717) is 6.54 Å². The quantitative estimate of drug-likeness (QED) is 0.379. The van der Waals surface area contributed by atoms with E-state index in [4.69, 9.17) is 9.73 Å². The van der Waals surface area contributed by atoms with Crippen LogP contribution in [0.3, 0.4) is 0 Å². The van der Waals surface area contributed by atoms with E-state index in [1.807, 2.05) is 12.1 Å². The number of nitrogens with one attached hydrogen (secondary N) is 1. The Morgan fingerprint density at radius 1 is 1.18 bits per heavy atom. The zero-order valence-electron chi connectivity index (χ0n) is 17.1. The second kappa shape index (κ2) is 11.9. The van der Waals surface area contributed by atoms with Crippen molar-refractivity contribution in [2.75, 3.05) is 52.5 Å². The van der Waals surface area contributed by atoms with Crippen molar-refractivity contribution in [3.63, 3.8) is 0 Å². The first-order valence-corrected chi connectivity index (χ1v) is 10.3. The lowest BCUT2D eigenvalue weighted by Crippen LogP contribution is -2.46. The predicted octanol–water partition coefficient (Wildman–Crippen LogP) is 3.51. The topological polar surface area (TPSA) is 40.1 Å². The van der Waals surface area contributed by atoms with Crippen molar-refractivity contribution in [1.82, 2.24) is 15.1 Å². The third-order valence-corrected chi connectivity index (χ3v) is 5.57. The van der Waals surface area contributed by atoms with Crippen LogP contribution in [0.5, 0.6) is 0 Å². The number of halogens is 2. The largest absolute Gasteiger partial charge is 0.379 e. The second-order valence-electron chi connectivity index (χ2n) is 7.58. The zero-order chi connectivity index (χ0) is 19.1. The first-order chi connectivity index (χ1) is 13.2. The van der Waals surface area contributed by atoms with E-state index in [1.54, 1.807) is 12.1 Å². The Kier molecular flexibility index (Phi) is 9.94. The van der Waals surface area contributed by atoms with E-state index in [9.17, 15) is 4.39 Å². The maximum atomic E-state index is 13.4. The molecule has 0 amide bonds. The first kappa shape index (κ1) is 23.3. The predicted molar refractivity (Wildman–Crippen MR) is 123 cm³/mol. The number of likely N-dealkylation sites (tertiary alicyclic amines) is 1. The van der Waals surface area contributed by atoms with Crippen molar-refractivity contribution in [1.29, 1.82) is 0 Å². The van der Waals surface area contributed by atoms with Gasteiger partial charge in [0, 0.05) is 32.7 Å². The highest BCUT2D eigenvalue weighted by molar-refractivity contribution is 14.0. The van der Waals surface area contributed by atoms with E-state index in [2.05, 4.69) is 29.0 Å². The Bertz CT molecular complexity index is 599. The fourth-order valence-electron chi connectivity index (χ4n) is 3.82. The van der Waals surface area contributed by atoms with Crippen molar-refractivity contribution in [2.24, 2.45) is 10.9 Å². The van der Waals surface area contributed by atoms with Gasteiger partial charge in [-0.25, -0.2) is 4.39 Å². The Labute approximate surface area is 185 Å². The van der Waals surface area contributed by atoms with Gasteiger partial charge in [0.25, 0.3) is 0 Å². The van der Waals surface area contributed by atoms with E-state index in [-0.39, 0.29) is 35.8 Å². The lowest BCUT2D eigenvalue weighted by atomic mass is 9.99. The smallest absolute Gasteiger partial charge is 0.193 e. The number of benzene rings is 1. The molecule has 0 bridgehead atoms. The molecule has 2 aliphatic rings. The minimum atomic E-state index is -0.196. The van der Waals surface area contributed by atoms with Crippen LogP contribution >= 0.6 is 24.0 Å². The highest BCUT2D eigenvalue weighted by Gasteiger charge is 2.24. The molecule has 3 rings (SSSR count). The molecule has 0 spiro atoms. The van der Waals surface area contributed by atoms with E-state index < -0.39 is 0 Å². The molecular weight excluding hydrogens is 470 g/mol. The summed E-state index contributed by atoms with van der Waals surface area (Å²) in [5.74, 6) is 1.60. The maximum absolute atomic E-state index is 13.4. The molecule has 1 N–H and O–H groups in total. The molecule has 2 aliphatic heterocycles. The van der Waals surface area contributed by atoms with Gasteiger partial charge in [-0.3, -0.25) is 9.89 Å². The lowest BCUT2D eigenvalue weighted by molar-refractivity contribution is 0.0179. The molecule has 28 heavy (non-hydrogen) atoms. The number of rotatable bonds is 5. The summed E-state index contributed by atoms with van der Waals surface area (Å²) in [7, 11) is 0. The molecule has 1 atom stereocenters. The summed E-state index contributed by atoms with van der Waals surface area (Å²) in [5, 5.41) is 3.46. The molecule has 2 fully saturated rings. The van der Waals surface area contributed by atoms with Crippen LogP contribution in [0.1, 0.15) is 38.3 Å². The summed E-state index contributed by atoms with van der Waals surface area (Å²) in [6.07, 6.45) is 2.44. The third kappa shape index (κ3) is 6.56. The number of guanidine groups is 1. The summed E-state index contributed by atoms with van der Waals surface area (Å²) in [6, 6.07) is 7.01. The molecule has 7 heteroatoms. The van der Waals surface area contributed by atoms with Crippen LogP contribution in [0, 0.1) is 11.7 Å². The van der Waals surface area contributed by atoms with E-state index >= 15 is 0 Å². The van der Waals surface area contributed by atoms with Crippen LogP contribution in [0.15, 0.2) is 29.3 Å². The van der Waals surface area contributed by atoms with Crippen LogP contribution in [0.4, 0.5) is 4.39 Å². The fraction of sp³-hybridized carbons (Fsp3) is 0.667. The monoisotopic (exact) mass is 504 g/mol. The summed E-state index contributed by atoms with van der Waals surface area (Å²) >= 11 is 0. The molecule has 5 nitrogen and oxygen atoms in total. The van der Waals surface area contributed by atoms with Crippen LogP contribution in [-0.4, -0.2) is 68.2 Å². The summed E-state index contributed by atoms with van der Waals surface area (Å²) in [5.41, 5.74) is 1.12. The lowest BCUT2D eigenvalue weighted by Gasteiger charge is -2.35. The van der Waals surface area contributed by atoms with Crippen molar-refractivity contribution < 1.29 is 9.13 Å². The van der Waals surface area contributed by atoms with Gasteiger partial charge >= 0.3 is 0 Å². The normalized spacial score (nSPS) is 20.5. The number of hydrogen-bond acceptors (Lipinski definition) is 3. The zero-order valence-corrected chi connectivity index (χ0v) is 19.4. The summed E-state index contributed by atoms with van der Waals surface area (Å²) in [6.45, 7) is 11.3. The Balaban J connectivity index is 0.00000280. The van der Waals surface area contributed by atoms with Gasteiger partial charge in [-0.05, 0) is 43.4 Å². The average molecular weight is 504 g/mol. The van der Waals surface area contributed by atoms with Gasteiger partial charge < -0.3 is 15.0 Å². The van der Waals surface area contributed by atoms with E-state index in [1.165, 1.54) is 12.8 Å². The molecule has 158 valence electrons. The van der Waals surface area contributed by atoms with Crippen molar-refractivity contribution >= 4 is 29.9 Å². The van der Waals surface area contributed by atoms with Gasteiger partial charge in [0.15, 0.2) is 5.96 Å². The number of nitrogens with zero attached hydrogens (tertiary/aromatic N) is 3. The standard InChI is InChI=1S/C21H33FN4O.HI/c1-3-23-21(26-10-8-17(2)9-11-26)24-16-20(25-12-14-27-15-13-25)18-4-6-19(22)7-5-18;/h4-7,17,20H,3,8-16H2,1-2H3,(H,23,24);1H. The molecular formula is C21H34FIN4O. The fourth-order valence-corrected chi connectivity index (χ4v) is 3.82. The van der Waals surface area contributed by atoms with Crippen LogP contribution < -0.4 is 5.32 Å². The first-order valence-electron chi connectivity index (χ1n) is 10.3. The molecule has 1 aromatic carbocycles. The second-order valence-corrected chi connectivity index (χ2v) is 7.58. The molecule has 1 aromatic rings. The summed E-state index contributed by atoms with van der Waals surface area (Å²) < 4.78 is 18.9. The molecule has 2 heterocycles. The van der Waals surface area contributed by atoms with Gasteiger partial charge in [-0.15, -0.1) is 24.0 Å². The molecule has 0 aromatic heterocycles. The van der Waals surface area contributed by atoms with Gasteiger partial charge in [-0.1, -0.05) is 19.1 Å². The third-order valence-electron chi connectivity index (χ3n) is 5.57. The SMILES string of the molecule is CCNC(=NCC(c1ccc(F)cc1)N1CCOCC1)N1CCC(C)CC1.I. The number of morpholine rings is 1. The maximum Gasteiger partial charge on any atom is 0.193 e. The average Bonchev–Trinajstić information content (AvgIpc) is 2.70. The highest BCUT2D eigenvalue weighted by atomic mass is 127. The molecule has 0 radical (unpaired) electrons. The van der Waals surface area contributed by atoms with Gasteiger partial charge in [0.1, 0.15) is 5.82 Å². The molecule has 0 saturated carbocycles. The van der Waals surface area contributed by atoms with Crippen molar-refractivity contribution in [3.05, 3.63) is 35.6 Å². The number of hydrogen-bond donors (Lipinski definition) is 1. The number of aliphatic imine (C=N–C) groups is 1. The van der Waals surface area contributed by atoms with Crippen molar-refractivity contribution in [2.45, 2.75) is 32.7 Å². The number of piperidine rings is 1. The number of ether oxygens (including phenoxy) is 1. The molecule has 1 unspecified atom stereocenters. The van der Waals surface area contributed by atoms with Crippen LogP contribution in [0.25, 0.3) is 0 Å². The van der Waals surface area contributed by atoms with E-state index in [0.717, 1.165) is 63.4 Å². The van der Waals surface area contributed by atoms with Crippen LogP contribution in [0.2, 0.25) is 0 Å². The Morgan fingerprint density at radius 2 is 1.82 bits per heavy atom. The molecule has 0 aliphatic carbocycles. The molecule has 2 saturated heterocycles. The Morgan fingerprint density at radius 3 is 2.43 bits per heavy atom. The highest BCUT2D eigenvalue weighted by Crippen LogP contribution is 2.23. The minimum Gasteiger partial charge on any atom is -0.379 e. The van der Waals surface area contributed by atoms with Crippen LogP contribution in [-0.2, 0) is 4.74 Å². The van der Waals surface area contributed by atoms with Gasteiger partial charge in [-0.2, -0.15) is 0 Å². The Hall–Kier alpha value is -0.930. The minimum absolute atomic E-state index is 0. The summed E-state index contributed by atoms with van der Waals surface area (Å²) in [4.78, 5) is 9.78.